The fourth-order valence-corrected chi connectivity index (χ4v) is 5.00. The van der Waals surface area contributed by atoms with Crippen LogP contribution in [0, 0.1) is 0 Å². The Hall–Kier alpha value is 0.620. The number of rotatable bonds is 3. The predicted octanol–water partition coefficient (Wildman–Crippen LogP) is 2.51. The van der Waals surface area contributed by atoms with Crippen molar-refractivity contribution in [1.82, 2.24) is 0 Å². The number of hydrogen-bond acceptors (Lipinski definition) is 4. The molecule has 0 radical (unpaired) electrons. The molecule has 2 aliphatic rings. The third-order valence-corrected chi connectivity index (χ3v) is 6.02. The Morgan fingerprint density at radius 3 is 2.94 bits per heavy atom. The van der Waals surface area contributed by atoms with Gasteiger partial charge in [0.15, 0.2) is 0 Å². The van der Waals surface area contributed by atoms with Gasteiger partial charge in [-0.15, -0.1) is 0 Å². The van der Waals surface area contributed by atoms with Gasteiger partial charge in [-0.05, 0) is 44.1 Å². The van der Waals surface area contributed by atoms with Crippen molar-refractivity contribution in [2.75, 3.05) is 23.9 Å². The predicted molar refractivity (Wildman–Crippen MR) is 74.4 cm³/mol. The lowest BCUT2D eigenvalue weighted by Crippen LogP contribution is -2.44. The van der Waals surface area contributed by atoms with Crippen LogP contribution in [0.1, 0.15) is 32.6 Å². The van der Waals surface area contributed by atoms with E-state index in [0.717, 1.165) is 17.6 Å². The van der Waals surface area contributed by atoms with E-state index >= 15 is 0 Å². The first-order valence-corrected chi connectivity index (χ1v) is 8.49. The highest BCUT2D eigenvalue weighted by Gasteiger charge is 2.38. The minimum absolute atomic E-state index is 0.235. The lowest BCUT2D eigenvalue weighted by Gasteiger charge is -2.43. The summed E-state index contributed by atoms with van der Waals surface area (Å²) in [5.74, 6) is 3.66. The zero-order chi connectivity index (χ0) is 11.4. The van der Waals surface area contributed by atoms with E-state index in [1.165, 1.54) is 37.2 Å². The minimum atomic E-state index is 0.235. The van der Waals surface area contributed by atoms with Gasteiger partial charge in [0, 0.05) is 23.7 Å². The van der Waals surface area contributed by atoms with Crippen molar-refractivity contribution in [3.8, 4) is 0 Å². The Labute approximate surface area is 107 Å². The van der Waals surface area contributed by atoms with Crippen molar-refractivity contribution in [1.29, 1.82) is 0 Å². The van der Waals surface area contributed by atoms with Gasteiger partial charge in [0.2, 0.25) is 0 Å². The maximum Gasteiger partial charge on any atom is 0.0708 e. The summed E-state index contributed by atoms with van der Waals surface area (Å²) in [6.07, 6.45) is 4.98. The molecule has 1 spiro atoms. The van der Waals surface area contributed by atoms with Gasteiger partial charge in [-0.3, -0.25) is 0 Å². The van der Waals surface area contributed by atoms with Gasteiger partial charge in [-0.2, -0.15) is 23.5 Å². The van der Waals surface area contributed by atoms with Crippen LogP contribution in [0.15, 0.2) is 0 Å². The first kappa shape index (κ1) is 13.1. The summed E-state index contributed by atoms with van der Waals surface area (Å²) < 4.78 is 6.09. The molecule has 2 unspecified atom stereocenters. The minimum Gasteiger partial charge on any atom is -0.375 e. The second-order valence-corrected chi connectivity index (χ2v) is 7.63. The van der Waals surface area contributed by atoms with E-state index in [4.69, 9.17) is 10.5 Å². The molecule has 2 saturated heterocycles. The van der Waals surface area contributed by atoms with E-state index in [1.54, 1.807) is 0 Å². The Morgan fingerprint density at radius 1 is 1.50 bits per heavy atom. The molecule has 2 heterocycles. The standard InChI is InChI=1S/C12H23NOS2/c1-10(13)9-16-11-2-5-14-12(8-11)3-6-15-7-4-12/h10-11H,2-9,13H2,1H3. The second-order valence-electron chi connectivity index (χ2n) is 5.07. The third-order valence-electron chi connectivity index (χ3n) is 3.45. The summed E-state index contributed by atoms with van der Waals surface area (Å²) in [5, 5.41) is 0.780. The highest BCUT2D eigenvalue weighted by Crippen LogP contribution is 2.40. The quantitative estimate of drug-likeness (QED) is 0.847. The van der Waals surface area contributed by atoms with Crippen molar-refractivity contribution in [3.63, 3.8) is 0 Å². The average molecular weight is 261 g/mol. The molecule has 0 aromatic carbocycles. The number of nitrogens with two attached hydrogens (primary N) is 1. The molecular weight excluding hydrogens is 238 g/mol. The lowest BCUT2D eigenvalue weighted by atomic mass is 9.88. The summed E-state index contributed by atoms with van der Waals surface area (Å²) in [6, 6.07) is 0.325. The Kier molecular flexibility index (Phi) is 4.89. The van der Waals surface area contributed by atoms with E-state index in [1.807, 2.05) is 0 Å². The first-order chi connectivity index (χ1) is 7.70. The molecule has 4 heteroatoms. The van der Waals surface area contributed by atoms with Crippen LogP contribution in [-0.2, 0) is 4.74 Å². The van der Waals surface area contributed by atoms with Crippen molar-refractivity contribution in [2.45, 2.75) is 49.5 Å². The van der Waals surface area contributed by atoms with Crippen molar-refractivity contribution < 1.29 is 4.74 Å². The third kappa shape index (κ3) is 3.56. The molecule has 0 aromatic rings. The van der Waals surface area contributed by atoms with Crippen LogP contribution in [-0.4, -0.2) is 40.8 Å². The SMILES string of the molecule is CC(N)CSC1CCOC2(CCSCC2)C1. The van der Waals surface area contributed by atoms with Gasteiger partial charge >= 0.3 is 0 Å². The van der Waals surface area contributed by atoms with Crippen LogP contribution < -0.4 is 5.73 Å². The van der Waals surface area contributed by atoms with Crippen LogP contribution >= 0.6 is 23.5 Å². The van der Waals surface area contributed by atoms with E-state index in [9.17, 15) is 0 Å². The average Bonchev–Trinajstić information content (AvgIpc) is 2.28. The van der Waals surface area contributed by atoms with Crippen molar-refractivity contribution in [3.05, 3.63) is 0 Å². The Balaban J connectivity index is 1.83. The second kappa shape index (κ2) is 5.98. The molecule has 0 bridgehead atoms. The lowest BCUT2D eigenvalue weighted by molar-refractivity contribution is -0.0805. The largest absolute Gasteiger partial charge is 0.375 e. The monoisotopic (exact) mass is 261 g/mol. The number of thioether (sulfide) groups is 2. The normalized spacial score (nSPS) is 31.5. The van der Waals surface area contributed by atoms with E-state index in [-0.39, 0.29) is 5.60 Å². The fourth-order valence-electron chi connectivity index (χ4n) is 2.50. The Morgan fingerprint density at radius 2 is 2.25 bits per heavy atom. The molecule has 2 nitrogen and oxygen atoms in total. The van der Waals surface area contributed by atoms with Gasteiger partial charge in [-0.25, -0.2) is 0 Å². The van der Waals surface area contributed by atoms with Gasteiger partial charge in [0.25, 0.3) is 0 Å². The molecule has 2 rings (SSSR count). The molecule has 16 heavy (non-hydrogen) atoms. The highest BCUT2D eigenvalue weighted by molar-refractivity contribution is 8.00. The molecule has 2 N–H and O–H groups in total. The fraction of sp³-hybridized carbons (Fsp3) is 1.00. The van der Waals surface area contributed by atoms with E-state index in [0.29, 0.717) is 6.04 Å². The van der Waals surface area contributed by atoms with Crippen LogP contribution in [0.5, 0.6) is 0 Å². The molecule has 2 aliphatic heterocycles. The molecule has 0 aliphatic carbocycles. The number of ether oxygens (including phenoxy) is 1. The van der Waals surface area contributed by atoms with E-state index in [2.05, 4.69) is 30.4 Å². The van der Waals surface area contributed by atoms with Crippen LogP contribution in [0.3, 0.4) is 0 Å². The van der Waals surface area contributed by atoms with Crippen LogP contribution in [0.4, 0.5) is 0 Å². The van der Waals surface area contributed by atoms with Crippen molar-refractivity contribution in [2.24, 2.45) is 5.73 Å². The van der Waals surface area contributed by atoms with Gasteiger partial charge in [0.1, 0.15) is 0 Å². The molecule has 2 atom stereocenters. The Bertz CT molecular complexity index is 212. The highest BCUT2D eigenvalue weighted by atomic mass is 32.2. The topological polar surface area (TPSA) is 35.2 Å². The van der Waals surface area contributed by atoms with Gasteiger partial charge in [-0.1, -0.05) is 0 Å². The zero-order valence-corrected chi connectivity index (χ0v) is 11.7. The summed E-state index contributed by atoms with van der Waals surface area (Å²) in [5.41, 5.74) is 6.06. The summed E-state index contributed by atoms with van der Waals surface area (Å²) in [4.78, 5) is 0. The maximum absolute atomic E-state index is 6.09. The number of hydrogen-bond donors (Lipinski definition) is 1. The molecular formula is C12H23NOS2. The molecule has 0 amide bonds. The summed E-state index contributed by atoms with van der Waals surface area (Å²) >= 11 is 4.14. The van der Waals surface area contributed by atoms with E-state index < -0.39 is 0 Å². The first-order valence-electron chi connectivity index (χ1n) is 6.29. The molecule has 2 fully saturated rings. The van der Waals surface area contributed by atoms with Crippen LogP contribution in [0.25, 0.3) is 0 Å². The maximum atomic E-state index is 6.09. The molecule has 94 valence electrons. The molecule has 0 saturated carbocycles. The van der Waals surface area contributed by atoms with Crippen molar-refractivity contribution >= 4 is 23.5 Å². The van der Waals surface area contributed by atoms with Gasteiger partial charge < -0.3 is 10.5 Å². The van der Waals surface area contributed by atoms with Gasteiger partial charge in [0.05, 0.1) is 5.60 Å². The zero-order valence-electron chi connectivity index (χ0n) is 10.1. The summed E-state index contributed by atoms with van der Waals surface area (Å²) in [7, 11) is 0. The molecule has 0 aromatic heterocycles. The smallest absolute Gasteiger partial charge is 0.0708 e. The summed E-state index contributed by atoms with van der Waals surface area (Å²) in [6.45, 7) is 3.06. The van der Waals surface area contributed by atoms with Crippen LogP contribution in [0.2, 0.25) is 0 Å².